The Labute approximate surface area is 181 Å². The molecule has 164 valence electrons. The fourth-order valence-electron chi connectivity index (χ4n) is 3.88. The molecule has 2 aromatic carbocycles. The molecule has 1 fully saturated rings. The number of carbonyl (C=O) groups excluding carboxylic acids is 2. The zero-order valence-electron chi connectivity index (χ0n) is 17.8. The van der Waals surface area contributed by atoms with Crippen LogP contribution in [0.1, 0.15) is 26.7 Å². The molecule has 8 heteroatoms. The van der Waals surface area contributed by atoms with E-state index in [1.807, 2.05) is 49.1 Å². The van der Waals surface area contributed by atoms with Gasteiger partial charge in [-0.05, 0) is 44.9 Å². The molecule has 3 rings (SSSR count). The van der Waals surface area contributed by atoms with Crippen molar-refractivity contribution in [2.45, 2.75) is 32.7 Å². The molecule has 0 saturated carbocycles. The molecule has 0 N–H and O–H groups in total. The van der Waals surface area contributed by atoms with Gasteiger partial charge in [0.25, 0.3) is 11.6 Å². The molecule has 1 heterocycles. The van der Waals surface area contributed by atoms with Crippen molar-refractivity contribution < 1.29 is 19.2 Å². The van der Waals surface area contributed by atoms with Crippen molar-refractivity contribution in [3.63, 3.8) is 0 Å². The van der Waals surface area contributed by atoms with E-state index in [2.05, 4.69) is 0 Å². The van der Waals surface area contributed by atoms with Crippen LogP contribution in [0.3, 0.4) is 0 Å². The van der Waals surface area contributed by atoms with Crippen LogP contribution < -0.4 is 9.80 Å². The molecule has 0 atom stereocenters. The first kappa shape index (κ1) is 22.3. The first-order valence-electron chi connectivity index (χ1n) is 10.4. The smallest absolute Gasteiger partial charge is 0.309 e. The first-order valence-corrected chi connectivity index (χ1v) is 10.4. The van der Waals surface area contributed by atoms with Crippen molar-refractivity contribution >= 4 is 28.9 Å². The summed E-state index contributed by atoms with van der Waals surface area (Å²) in [5, 5.41) is 11.3. The third-order valence-corrected chi connectivity index (χ3v) is 5.40. The van der Waals surface area contributed by atoms with Gasteiger partial charge in [-0.2, -0.15) is 0 Å². The molecule has 1 amide bonds. The molecule has 0 aromatic heterocycles. The first-order chi connectivity index (χ1) is 14.9. The average Bonchev–Trinajstić information content (AvgIpc) is 2.78. The van der Waals surface area contributed by atoms with Crippen LogP contribution in [0.2, 0.25) is 0 Å². The van der Waals surface area contributed by atoms with Crippen molar-refractivity contribution in [3.8, 4) is 0 Å². The number of benzene rings is 2. The summed E-state index contributed by atoms with van der Waals surface area (Å²) in [6, 6.07) is 15.8. The van der Waals surface area contributed by atoms with Gasteiger partial charge >= 0.3 is 5.97 Å². The summed E-state index contributed by atoms with van der Waals surface area (Å²) in [7, 11) is 0. The van der Waals surface area contributed by atoms with E-state index in [0.29, 0.717) is 31.6 Å². The van der Waals surface area contributed by atoms with Crippen LogP contribution in [0, 0.1) is 16.0 Å². The van der Waals surface area contributed by atoms with E-state index in [9.17, 15) is 19.7 Å². The molecular weight excluding hydrogens is 398 g/mol. The third-order valence-electron chi connectivity index (χ3n) is 5.40. The Kier molecular flexibility index (Phi) is 7.23. The monoisotopic (exact) mass is 425 g/mol. The molecule has 1 aliphatic rings. The van der Waals surface area contributed by atoms with E-state index in [-0.39, 0.29) is 30.2 Å². The summed E-state index contributed by atoms with van der Waals surface area (Å²) in [5.74, 6) is -0.990. The lowest BCUT2D eigenvalue weighted by atomic mass is 9.96. The number of ether oxygens (including phenoxy) is 1. The van der Waals surface area contributed by atoms with Crippen LogP contribution in [0.5, 0.6) is 0 Å². The molecule has 31 heavy (non-hydrogen) atoms. The fraction of sp³-hybridized carbons (Fsp3) is 0.391. The highest BCUT2D eigenvalue weighted by Crippen LogP contribution is 2.31. The van der Waals surface area contributed by atoms with Crippen LogP contribution >= 0.6 is 0 Å². The lowest BCUT2D eigenvalue weighted by molar-refractivity contribution is -0.384. The van der Waals surface area contributed by atoms with Gasteiger partial charge in [0.15, 0.2) is 6.61 Å². The van der Waals surface area contributed by atoms with E-state index in [4.69, 9.17) is 4.74 Å². The molecule has 0 spiro atoms. The van der Waals surface area contributed by atoms with Crippen molar-refractivity contribution in [1.29, 1.82) is 0 Å². The summed E-state index contributed by atoms with van der Waals surface area (Å²) < 4.78 is 5.34. The van der Waals surface area contributed by atoms with E-state index < -0.39 is 10.9 Å². The van der Waals surface area contributed by atoms with Crippen molar-refractivity contribution in [2.24, 2.45) is 5.92 Å². The number of amides is 1. The summed E-state index contributed by atoms with van der Waals surface area (Å²) >= 11 is 0. The quantitative estimate of drug-likeness (QED) is 0.381. The minimum absolute atomic E-state index is 0.0591. The van der Waals surface area contributed by atoms with Gasteiger partial charge in [-0.3, -0.25) is 19.7 Å². The van der Waals surface area contributed by atoms with Gasteiger partial charge < -0.3 is 14.5 Å². The number of piperidine rings is 1. The van der Waals surface area contributed by atoms with Gasteiger partial charge in [-0.25, -0.2) is 0 Å². The zero-order chi connectivity index (χ0) is 22.4. The number of anilines is 2. The molecule has 8 nitrogen and oxygen atoms in total. The highest BCUT2D eigenvalue weighted by molar-refractivity contribution is 5.95. The highest BCUT2D eigenvalue weighted by Gasteiger charge is 2.30. The van der Waals surface area contributed by atoms with Crippen molar-refractivity contribution in [2.75, 3.05) is 29.5 Å². The van der Waals surface area contributed by atoms with E-state index in [1.165, 1.54) is 6.07 Å². The van der Waals surface area contributed by atoms with E-state index in [1.54, 1.807) is 23.1 Å². The SMILES string of the molecule is CC(C)N(C(=O)COC(=O)C1CCN(c2ccccc2[N+](=O)[O-])CC1)c1ccccc1. The third kappa shape index (κ3) is 5.39. The van der Waals surface area contributed by atoms with Gasteiger partial charge in [0.1, 0.15) is 5.69 Å². The van der Waals surface area contributed by atoms with E-state index >= 15 is 0 Å². The van der Waals surface area contributed by atoms with Gasteiger partial charge in [-0.1, -0.05) is 30.3 Å². The molecule has 0 unspecified atom stereocenters. The molecule has 0 aliphatic carbocycles. The maximum Gasteiger partial charge on any atom is 0.309 e. The van der Waals surface area contributed by atoms with Crippen LogP contribution in [0.25, 0.3) is 0 Å². The number of hydrogen-bond donors (Lipinski definition) is 0. The maximum absolute atomic E-state index is 12.7. The lowest BCUT2D eigenvalue weighted by Gasteiger charge is -2.32. The second-order valence-corrected chi connectivity index (χ2v) is 7.81. The molecule has 1 saturated heterocycles. The Balaban J connectivity index is 1.54. The molecule has 0 radical (unpaired) electrons. The topological polar surface area (TPSA) is 93.0 Å². The second kappa shape index (κ2) is 10.1. The predicted octanol–water partition coefficient (Wildman–Crippen LogP) is 3.80. The summed E-state index contributed by atoms with van der Waals surface area (Å²) in [5.41, 5.74) is 1.38. The Morgan fingerprint density at radius 3 is 2.32 bits per heavy atom. The lowest BCUT2D eigenvalue weighted by Crippen LogP contribution is -2.41. The summed E-state index contributed by atoms with van der Waals surface area (Å²) in [4.78, 5) is 39.6. The zero-order valence-corrected chi connectivity index (χ0v) is 17.8. The molecule has 0 bridgehead atoms. The van der Waals surface area contributed by atoms with E-state index in [0.717, 1.165) is 5.69 Å². The number of para-hydroxylation sites is 3. The largest absolute Gasteiger partial charge is 0.455 e. The number of nitro benzene ring substituents is 1. The molecule has 1 aliphatic heterocycles. The number of nitro groups is 1. The normalized spacial score (nSPS) is 14.4. The summed E-state index contributed by atoms with van der Waals surface area (Å²) in [6.45, 7) is 4.54. The maximum atomic E-state index is 12.7. The minimum Gasteiger partial charge on any atom is -0.455 e. The minimum atomic E-state index is -0.396. The van der Waals surface area contributed by atoms with Gasteiger partial charge in [0, 0.05) is 30.9 Å². The molecular formula is C23H27N3O5. The Morgan fingerprint density at radius 1 is 1.10 bits per heavy atom. The number of carbonyl (C=O) groups is 2. The predicted molar refractivity (Wildman–Crippen MR) is 118 cm³/mol. The average molecular weight is 425 g/mol. The molecule has 2 aromatic rings. The highest BCUT2D eigenvalue weighted by atomic mass is 16.6. The van der Waals surface area contributed by atoms with Gasteiger partial charge in [-0.15, -0.1) is 0 Å². The van der Waals surface area contributed by atoms with Crippen LogP contribution in [-0.2, 0) is 14.3 Å². The van der Waals surface area contributed by atoms with Crippen LogP contribution in [0.15, 0.2) is 54.6 Å². The Bertz CT molecular complexity index is 924. The van der Waals surface area contributed by atoms with Crippen LogP contribution in [0.4, 0.5) is 17.1 Å². The van der Waals surface area contributed by atoms with Gasteiger partial charge in [0.05, 0.1) is 10.8 Å². The Hall–Kier alpha value is -3.42. The number of esters is 1. The number of nitrogens with zero attached hydrogens (tertiary/aromatic N) is 3. The van der Waals surface area contributed by atoms with Gasteiger partial charge in [0.2, 0.25) is 0 Å². The Morgan fingerprint density at radius 2 is 1.71 bits per heavy atom. The van der Waals surface area contributed by atoms with Crippen molar-refractivity contribution in [1.82, 2.24) is 0 Å². The van der Waals surface area contributed by atoms with Crippen LogP contribution in [-0.4, -0.2) is 42.5 Å². The second-order valence-electron chi connectivity index (χ2n) is 7.81. The number of hydrogen-bond acceptors (Lipinski definition) is 6. The van der Waals surface area contributed by atoms with Crippen molar-refractivity contribution in [3.05, 3.63) is 64.7 Å². The fourth-order valence-corrected chi connectivity index (χ4v) is 3.88. The summed E-state index contributed by atoms with van der Waals surface area (Å²) in [6.07, 6.45) is 1.04. The number of rotatable bonds is 7. The standard InChI is InChI=1S/C23H27N3O5/c1-17(2)25(19-8-4-3-5-9-19)22(27)16-31-23(28)18-12-14-24(15-13-18)20-10-6-7-11-21(20)26(29)30/h3-11,17-18H,12-16H2,1-2H3.